The van der Waals surface area contributed by atoms with Crippen LogP contribution < -0.4 is 5.32 Å². The van der Waals surface area contributed by atoms with Crippen LogP contribution in [0.5, 0.6) is 0 Å². The Labute approximate surface area is 90.4 Å². The highest BCUT2D eigenvalue weighted by molar-refractivity contribution is 5.84. The summed E-state index contributed by atoms with van der Waals surface area (Å²) < 4.78 is 5.14. The first-order valence-electron chi connectivity index (χ1n) is 5.25. The maximum Gasteiger partial charge on any atom is 0.411 e. The van der Waals surface area contributed by atoms with Gasteiger partial charge in [-0.15, -0.1) is 0 Å². The molecule has 1 N–H and O–H groups in total. The van der Waals surface area contributed by atoms with Crippen LogP contribution in [0.3, 0.4) is 0 Å². The number of para-hydroxylation sites is 1. The Balaban J connectivity index is 2.36. The average molecular weight is 207 g/mol. The highest BCUT2D eigenvalue weighted by Crippen LogP contribution is 2.07. The van der Waals surface area contributed by atoms with Crippen LogP contribution in [-0.4, -0.2) is 12.2 Å². The van der Waals surface area contributed by atoms with E-state index in [0.717, 1.165) is 18.5 Å². The minimum atomic E-state index is -0.387. The molecule has 3 nitrogen and oxygen atoms in total. The molecule has 0 fully saturated rings. The minimum absolute atomic E-state index is 0.0290. The number of ether oxygens (including phenoxy) is 1. The van der Waals surface area contributed by atoms with Crippen LogP contribution in [0.15, 0.2) is 30.3 Å². The molecule has 3 heteroatoms. The Bertz CT molecular complexity index is 298. The zero-order chi connectivity index (χ0) is 11.1. The van der Waals surface area contributed by atoms with Crippen molar-refractivity contribution in [2.45, 2.75) is 32.8 Å². The molecule has 0 aliphatic heterocycles. The Kier molecular flexibility index (Phi) is 4.68. The number of carbonyl (C=O) groups excluding carboxylic acids is 1. The Morgan fingerprint density at radius 1 is 1.40 bits per heavy atom. The molecule has 1 amide bonds. The van der Waals surface area contributed by atoms with Crippen LogP contribution in [0.2, 0.25) is 0 Å². The van der Waals surface area contributed by atoms with Crippen LogP contribution in [-0.2, 0) is 4.74 Å². The summed E-state index contributed by atoms with van der Waals surface area (Å²) in [5.41, 5.74) is 0.756. The second-order valence-corrected chi connectivity index (χ2v) is 3.50. The predicted molar refractivity (Wildman–Crippen MR) is 60.9 cm³/mol. The predicted octanol–water partition coefficient (Wildman–Crippen LogP) is 3.42. The zero-order valence-electron chi connectivity index (χ0n) is 9.19. The van der Waals surface area contributed by atoms with Gasteiger partial charge in [0.25, 0.3) is 0 Å². The summed E-state index contributed by atoms with van der Waals surface area (Å²) in [5, 5.41) is 2.67. The zero-order valence-corrected chi connectivity index (χ0v) is 9.19. The normalized spacial score (nSPS) is 11.9. The van der Waals surface area contributed by atoms with Crippen molar-refractivity contribution in [2.24, 2.45) is 0 Å². The standard InChI is InChI=1S/C12H17NO2/c1-3-7-10(2)15-12(14)13-11-8-5-4-6-9-11/h4-6,8-10H,3,7H2,1-2H3,(H,13,14). The average Bonchev–Trinajstić information content (AvgIpc) is 2.19. The molecule has 0 heterocycles. The van der Waals surface area contributed by atoms with E-state index in [1.54, 1.807) is 0 Å². The molecule has 0 aliphatic carbocycles. The fraction of sp³-hybridized carbons (Fsp3) is 0.417. The van der Waals surface area contributed by atoms with Gasteiger partial charge in [-0.3, -0.25) is 5.32 Å². The summed E-state index contributed by atoms with van der Waals surface area (Å²) in [5.74, 6) is 0. The van der Waals surface area contributed by atoms with Crippen molar-refractivity contribution in [1.29, 1.82) is 0 Å². The van der Waals surface area contributed by atoms with Gasteiger partial charge >= 0.3 is 6.09 Å². The summed E-state index contributed by atoms with van der Waals surface area (Å²) in [6.07, 6.45) is 1.49. The smallest absolute Gasteiger partial charge is 0.411 e. The minimum Gasteiger partial charge on any atom is -0.446 e. The highest BCUT2D eigenvalue weighted by atomic mass is 16.6. The van der Waals surface area contributed by atoms with E-state index in [9.17, 15) is 4.79 Å². The van der Waals surface area contributed by atoms with Gasteiger partial charge < -0.3 is 4.74 Å². The van der Waals surface area contributed by atoms with Gasteiger partial charge in [-0.05, 0) is 25.5 Å². The number of benzene rings is 1. The number of rotatable bonds is 4. The molecule has 1 atom stereocenters. The maximum absolute atomic E-state index is 11.4. The molecule has 0 aliphatic rings. The van der Waals surface area contributed by atoms with E-state index >= 15 is 0 Å². The first kappa shape index (κ1) is 11.6. The highest BCUT2D eigenvalue weighted by Gasteiger charge is 2.07. The summed E-state index contributed by atoms with van der Waals surface area (Å²) in [6.45, 7) is 3.96. The topological polar surface area (TPSA) is 38.3 Å². The van der Waals surface area contributed by atoms with E-state index < -0.39 is 0 Å². The van der Waals surface area contributed by atoms with E-state index in [0.29, 0.717) is 0 Å². The molecule has 0 bridgehead atoms. The molecule has 1 unspecified atom stereocenters. The van der Waals surface area contributed by atoms with Gasteiger partial charge in [-0.25, -0.2) is 4.79 Å². The number of amides is 1. The quantitative estimate of drug-likeness (QED) is 0.821. The monoisotopic (exact) mass is 207 g/mol. The van der Waals surface area contributed by atoms with Gasteiger partial charge in [0.2, 0.25) is 0 Å². The summed E-state index contributed by atoms with van der Waals surface area (Å²) in [7, 11) is 0. The van der Waals surface area contributed by atoms with Gasteiger partial charge in [0.15, 0.2) is 0 Å². The van der Waals surface area contributed by atoms with Crippen LogP contribution in [0.1, 0.15) is 26.7 Å². The molecule has 1 aromatic rings. The summed E-state index contributed by atoms with van der Waals surface area (Å²) in [6, 6.07) is 9.28. The number of hydrogen-bond acceptors (Lipinski definition) is 2. The first-order valence-corrected chi connectivity index (χ1v) is 5.25. The molecular weight excluding hydrogens is 190 g/mol. The van der Waals surface area contributed by atoms with Crippen molar-refractivity contribution in [2.75, 3.05) is 5.32 Å². The van der Waals surface area contributed by atoms with Gasteiger partial charge in [0.05, 0.1) is 0 Å². The third-order valence-electron chi connectivity index (χ3n) is 2.02. The number of nitrogens with one attached hydrogen (secondary N) is 1. The van der Waals surface area contributed by atoms with Crippen molar-refractivity contribution in [3.63, 3.8) is 0 Å². The van der Waals surface area contributed by atoms with Gasteiger partial charge in [-0.1, -0.05) is 31.5 Å². The van der Waals surface area contributed by atoms with Crippen LogP contribution in [0.4, 0.5) is 10.5 Å². The maximum atomic E-state index is 11.4. The molecule has 0 saturated heterocycles. The number of hydrogen-bond donors (Lipinski definition) is 1. The fourth-order valence-electron chi connectivity index (χ4n) is 1.32. The Morgan fingerprint density at radius 3 is 2.67 bits per heavy atom. The lowest BCUT2D eigenvalue weighted by Crippen LogP contribution is -2.19. The fourth-order valence-corrected chi connectivity index (χ4v) is 1.32. The number of carbonyl (C=O) groups is 1. The van der Waals surface area contributed by atoms with E-state index in [1.807, 2.05) is 37.3 Å². The lowest BCUT2D eigenvalue weighted by molar-refractivity contribution is 0.115. The van der Waals surface area contributed by atoms with Gasteiger partial charge in [0.1, 0.15) is 6.10 Å². The summed E-state index contributed by atoms with van der Waals surface area (Å²) >= 11 is 0. The Morgan fingerprint density at radius 2 is 2.07 bits per heavy atom. The van der Waals surface area contributed by atoms with Crippen LogP contribution >= 0.6 is 0 Å². The molecular formula is C12H17NO2. The van der Waals surface area contributed by atoms with Crippen LogP contribution in [0, 0.1) is 0 Å². The molecule has 0 aromatic heterocycles. The number of anilines is 1. The van der Waals surface area contributed by atoms with Crippen molar-refractivity contribution < 1.29 is 9.53 Å². The van der Waals surface area contributed by atoms with E-state index in [4.69, 9.17) is 4.74 Å². The van der Waals surface area contributed by atoms with E-state index in [2.05, 4.69) is 12.2 Å². The van der Waals surface area contributed by atoms with Crippen LogP contribution in [0.25, 0.3) is 0 Å². The van der Waals surface area contributed by atoms with E-state index in [1.165, 1.54) is 0 Å². The molecule has 0 radical (unpaired) electrons. The van der Waals surface area contributed by atoms with Crippen molar-refractivity contribution in [1.82, 2.24) is 0 Å². The lowest BCUT2D eigenvalue weighted by Gasteiger charge is -2.12. The third kappa shape index (κ3) is 4.49. The lowest BCUT2D eigenvalue weighted by atomic mass is 10.2. The molecule has 15 heavy (non-hydrogen) atoms. The van der Waals surface area contributed by atoms with Crippen molar-refractivity contribution in [3.05, 3.63) is 30.3 Å². The largest absolute Gasteiger partial charge is 0.446 e. The molecule has 1 aromatic carbocycles. The van der Waals surface area contributed by atoms with Gasteiger partial charge in [0, 0.05) is 5.69 Å². The molecule has 0 spiro atoms. The first-order chi connectivity index (χ1) is 7.22. The van der Waals surface area contributed by atoms with Crippen molar-refractivity contribution in [3.8, 4) is 0 Å². The molecule has 82 valence electrons. The summed E-state index contributed by atoms with van der Waals surface area (Å²) in [4.78, 5) is 11.4. The SMILES string of the molecule is CCCC(C)OC(=O)Nc1ccccc1. The molecule has 1 rings (SSSR count). The van der Waals surface area contributed by atoms with E-state index in [-0.39, 0.29) is 12.2 Å². The third-order valence-corrected chi connectivity index (χ3v) is 2.02. The second-order valence-electron chi connectivity index (χ2n) is 3.50. The van der Waals surface area contributed by atoms with Gasteiger partial charge in [-0.2, -0.15) is 0 Å². The second kappa shape index (κ2) is 6.06. The van der Waals surface area contributed by atoms with Crippen molar-refractivity contribution >= 4 is 11.8 Å². The Hall–Kier alpha value is -1.51. The molecule has 0 saturated carbocycles.